The molecule has 1 aliphatic heterocycles. The number of halogens is 1. The zero-order valence-corrected chi connectivity index (χ0v) is 8.37. The van der Waals surface area contributed by atoms with E-state index in [9.17, 15) is 9.18 Å². The lowest BCUT2D eigenvalue weighted by Crippen LogP contribution is -2.36. The van der Waals surface area contributed by atoms with Crippen molar-refractivity contribution in [3.63, 3.8) is 0 Å². The van der Waals surface area contributed by atoms with Gasteiger partial charge in [-0.15, -0.1) is 0 Å². The molecule has 0 radical (unpaired) electrons. The molecule has 0 spiro atoms. The number of hydrogen-bond acceptors (Lipinski definition) is 2. The predicted molar refractivity (Wildman–Crippen MR) is 57.5 cm³/mol. The third-order valence-corrected chi connectivity index (χ3v) is 2.62. The van der Waals surface area contributed by atoms with Crippen LogP contribution in [0.5, 0.6) is 0 Å². The molecule has 0 bridgehead atoms. The third kappa shape index (κ3) is 1.79. The molecule has 4 heteroatoms. The molecule has 80 valence electrons. The molecule has 1 aromatic rings. The van der Waals surface area contributed by atoms with Gasteiger partial charge in [0.2, 0.25) is 5.91 Å². The number of alkyl halides is 1. The number of nitrogens with two attached hydrogens (primary N) is 1. The highest BCUT2D eigenvalue weighted by molar-refractivity contribution is 5.96. The fourth-order valence-corrected chi connectivity index (χ4v) is 1.88. The van der Waals surface area contributed by atoms with Gasteiger partial charge in [0, 0.05) is 17.8 Å². The van der Waals surface area contributed by atoms with Crippen LogP contribution in [-0.2, 0) is 11.2 Å². The van der Waals surface area contributed by atoms with E-state index < -0.39 is 6.67 Å². The van der Waals surface area contributed by atoms with Gasteiger partial charge in [0.25, 0.3) is 0 Å². The SMILES string of the molecule is Nc1ccc2c(c1)N(CCF)C(=O)CC2. The molecule has 1 heterocycles. The van der Waals surface area contributed by atoms with Crippen LogP contribution in [0.2, 0.25) is 0 Å². The van der Waals surface area contributed by atoms with Gasteiger partial charge in [-0.05, 0) is 24.1 Å². The first-order valence-corrected chi connectivity index (χ1v) is 4.97. The number of amides is 1. The van der Waals surface area contributed by atoms with E-state index in [4.69, 9.17) is 5.73 Å². The maximum absolute atomic E-state index is 12.3. The van der Waals surface area contributed by atoms with Crippen LogP contribution in [0.15, 0.2) is 18.2 Å². The highest BCUT2D eigenvalue weighted by Gasteiger charge is 2.23. The smallest absolute Gasteiger partial charge is 0.227 e. The summed E-state index contributed by atoms with van der Waals surface area (Å²) < 4.78 is 12.3. The molecule has 3 nitrogen and oxygen atoms in total. The Morgan fingerprint density at radius 3 is 2.93 bits per heavy atom. The topological polar surface area (TPSA) is 46.3 Å². The van der Waals surface area contributed by atoms with Crippen molar-refractivity contribution in [2.75, 3.05) is 23.9 Å². The fraction of sp³-hybridized carbons (Fsp3) is 0.364. The van der Waals surface area contributed by atoms with Crippen molar-refractivity contribution in [3.8, 4) is 0 Å². The summed E-state index contributed by atoms with van der Waals surface area (Å²) in [5.41, 5.74) is 8.09. The largest absolute Gasteiger partial charge is 0.399 e. The van der Waals surface area contributed by atoms with Crippen LogP contribution in [0.4, 0.5) is 15.8 Å². The molecule has 1 aromatic carbocycles. The van der Waals surface area contributed by atoms with Gasteiger partial charge in [-0.25, -0.2) is 4.39 Å². The normalized spacial score (nSPS) is 15.3. The molecule has 2 rings (SSSR count). The summed E-state index contributed by atoms with van der Waals surface area (Å²) in [7, 11) is 0. The van der Waals surface area contributed by atoms with Crippen molar-refractivity contribution in [2.45, 2.75) is 12.8 Å². The molecular weight excluding hydrogens is 195 g/mol. The maximum atomic E-state index is 12.3. The summed E-state index contributed by atoms with van der Waals surface area (Å²) in [6.45, 7) is -0.407. The Balaban J connectivity index is 2.41. The summed E-state index contributed by atoms with van der Waals surface area (Å²) in [5, 5.41) is 0. The van der Waals surface area contributed by atoms with Crippen LogP contribution in [0, 0.1) is 0 Å². The van der Waals surface area contributed by atoms with Crippen molar-refractivity contribution < 1.29 is 9.18 Å². The number of hydrogen-bond donors (Lipinski definition) is 1. The van der Waals surface area contributed by atoms with Crippen molar-refractivity contribution >= 4 is 17.3 Å². The Morgan fingerprint density at radius 2 is 2.20 bits per heavy atom. The minimum absolute atomic E-state index is 0.0225. The molecular formula is C11H13FN2O. The summed E-state index contributed by atoms with van der Waals surface area (Å²) in [6.07, 6.45) is 1.17. The second kappa shape index (κ2) is 3.88. The fourth-order valence-electron chi connectivity index (χ4n) is 1.88. The second-order valence-electron chi connectivity index (χ2n) is 3.62. The Morgan fingerprint density at radius 1 is 1.40 bits per heavy atom. The number of nitrogen functional groups attached to an aromatic ring is 1. The van der Waals surface area contributed by atoms with Crippen LogP contribution in [0.3, 0.4) is 0 Å². The van der Waals surface area contributed by atoms with Crippen LogP contribution in [0.25, 0.3) is 0 Å². The lowest BCUT2D eigenvalue weighted by molar-refractivity contribution is -0.118. The van der Waals surface area contributed by atoms with E-state index in [2.05, 4.69) is 0 Å². The average Bonchev–Trinajstić information content (AvgIpc) is 2.23. The van der Waals surface area contributed by atoms with Crippen LogP contribution in [-0.4, -0.2) is 19.1 Å². The summed E-state index contributed by atoms with van der Waals surface area (Å²) in [5.74, 6) is -0.0225. The van der Waals surface area contributed by atoms with Gasteiger partial charge in [-0.2, -0.15) is 0 Å². The van der Waals surface area contributed by atoms with Gasteiger partial charge in [-0.3, -0.25) is 4.79 Å². The number of carbonyl (C=O) groups is 1. The van der Waals surface area contributed by atoms with Crippen LogP contribution in [0.1, 0.15) is 12.0 Å². The molecule has 0 saturated carbocycles. The van der Waals surface area contributed by atoms with Crippen LogP contribution >= 0.6 is 0 Å². The Bertz CT molecular complexity index is 392. The molecule has 0 fully saturated rings. The van der Waals surface area contributed by atoms with E-state index in [0.717, 1.165) is 17.7 Å². The molecule has 0 aromatic heterocycles. The van der Waals surface area contributed by atoms with Gasteiger partial charge in [0.05, 0.1) is 6.54 Å². The summed E-state index contributed by atoms with van der Waals surface area (Å²) in [6, 6.07) is 5.45. The quantitative estimate of drug-likeness (QED) is 0.749. The lowest BCUT2D eigenvalue weighted by atomic mass is 10.0. The summed E-state index contributed by atoms with van der Waals surface area (Å²) in [4.78, 5) is 13.1. The Hall–Kier alpha value is -1.58. The molecule has 0 aliphatic carbocycles. The van der Waals surface area contributed by atoms with Crippen molar-refractivity contribution in [1.29, 1.82) is 0 Å². The van der Waals surface area contributed by atoms with Crippen molar-refractivity contribution in [1.82, 2.24) is 0 Å². The van der Waals surface area contributed by atoms with E-state index >= 15 is 0 Å². The minimum atomic E-state index is -0.528. The van der Waals surface area contributed by atoms with E-state index in [1.54, 1.807) is 6.07 Å². The highest BCUT2D eigenvalue weighted by atomic mass is 19.1. The first-order valence-electron chi connectivity index (χ1n) is 4.97. The van der Waals surface area contributed by atoms with Gasteiger partial charge < -0.3 is 10.6 Å². The van der Waals surface area contributed by atoms with Gasteiger partial charge in [-0.1, -0.05) is 6.07 Å². The molecule has 0 saturated heterocycles. The number of fused-ring (bicyclic) bond motifs is 1. The zero-order chi connectivity index (χ0) is 10.8. The molecule has 0 unspecified atom stereocenters. The standard InChI is InChI=1S/C11H13FN2O/c12-5-6-14-10-7-9(13)3-1-8(10)2-4-11(14)15/h1,3,7H,2,4-6,13H2. The molecule has 15 heavy (non-hydrogen) atoms. The maximum Gasteiger partial charge on any atom is 0.227 e. The third-order valence-electron chi connectivity index (χ3n) is 2.62. The number of nitrogens with zero attached hydrogens (tertiary/aromatic N) is 1. The highest BCUT2D eigenvalue weighted by Crippen LogP contribution is 2.29. The van der Waals surface area contributed by atoms with Crippen molar-refractivity contribution in [3.05, 3.63) is 23.8 Å². The zero-order valence-electron chi connectivity index (χ0n) is 8.37. The molecule has 1 amide bonds. The molecule has 0 atom stereocenters. The van der Waals surface area contributed by atoms with Gasteiger partial charge >= 0.3 is 0 Å². The monoisotopic (exact) mass is 208 g/mol. The molecule has 2 N–H and O–H groups in total. The van der Waals surface area contributed by atoms with E-state index in [1.165, 1.54) is 4.90 Å². The first-order chi connectivity index (χ1) is 7.22. The first kappa shape index (κ1) is 9.96. The minimum Gasteiger partial charge on any atom is -0.399 e. The predicted octanol–water partition coefficient (Wildman–Crippen LogP) is 1.52. The van der Waals surface area contributed by atoms with Crippen molar-refractivity contribution in [2.24, 2.45) is 0 Å². The van der Waals surface area contributed by atoms with Gasteiger partial charge in [0.15, 0.2) is 0 Å². The second-order valence-corrected chi connectivity index (χ2v) is 3.62. The average molecular weight is 208 g/mol. The number of rotatable bonds is 2. The number of anilines is 2. The number of benzene rings is 1. The van der Waals surface area contributed by atoms with E-state index in [1.807, 2.05) is 12.1 Å². The van der Waals surface area contributed by atoms with E-state index in [-0.39, 0.29) is 12.5 Å². The Labute approximate surface area is 87.7 Å². The Kier molecular flexibility index (Phi) is 2.58. The van der Waals surface area contributed by atoms with Gasteiger partial charge in [0.1, 0.15) is 6.67 Å². The number of carbonyl (C=O) groups excluding carboxylic acids is 1. The summed E-state index contributed by atoms with van der Waals surface area (Å²) >= 11 is 0. The van der Waals surface area contributed by atoms with E-state index in [0.29, 0.717) is 12.1 Å². The molecule has 1 aliphatic rings. The lowest BCUT2D eigenvalue weighted by Gasteiger charge is -2.28. The van der Waals surface area contributed by atoms with Crippen LogP contribution < -0.4 is 10.6 Å². The number of aryl methyl sites for hydroxylation is 1.